The van der Waals surface area contributed by atoms with E-state index in [0.717, 1.165) is 11.4 Å². The van der Waals surface area contributed by atoms with Crippen molar-refractivity contribution in [1.29, 1.82) is 0 Å². The largest absolute Gasteiger partial charge is 0.331 e. The lowest BCUT2D eigenvalue weighted by atomic mass is 10.1. The summed E-state index contributed by atoms with van der Waals surface area (Å²) in [5, 5.41) is 16.3. The molecule has 4 rings (SSSR count). The van der Waals surface area contributed by atoms with Gasteiger partial charge in [0, 0.05) is 28.0 Å². The molecule has 0 bridgehead atoms. The van der Waals surface area contributed by atoms with Crippen LogP contribution in [0, 0.1) is 0 Å². The van der Waals surface area contributed by atoms with E-state index in [2.05, 4.69) is 31.7 Å². The van der Waals surface area contributed by atoms with Gasteiger partial charge in [0.1, 0.15) is 0 Å². The lowest BCUT2D eigenvalue weighted by Crippen LogP contribution is -2.31. The normalized spacial score (nSPS) is 12.8. The molecule has 0 saturated carbocycles. The average Bonchev–Trinajstić information content (AvgIpc) is 3.19. The molecular weight excluding hydrogens is 589 g/mol. The van der Waals surface area contributed by atoms with E-state index in [9.17, 15) is 9.59 Å². The predicted molar refractivity (Wildman–Crippen MR) is 169 cm³/mol. The summed E-state index contributed by atoms with van der Waals surface area (Å²) in [5.74, 6) is -0.612. The SMILES string of the molecule is O=C1c2ccccc2C(=O)N1CCCC(/C=N/NC(=S)Nc1ccc(Cl)cc1)=N/NC(=S)Nc1ccc(Cl)cc1. The number of hydrogen-bond acceptors (Lipinski definition) is 6. The summed E-state index contributed by atoms with van der Waals surface area (Å²) < 4.78 is 0. The van der Waals surface area contributed by atoms with Crippen LogP contribution < -0.4 is 21.5 Å². The molecule has 0 aliphatic carbocycles. The van der Waals surface area contributed by atoms with Crippen LogP contribution >= 0.6 is 47.6 Å². The monoisotopic (exact) mass is 611 g/mol. The second-order valence-corrected chi connectivity index (χ2v) is 10.1. The van der Waals surface area contributed by atoms with Gasteiger partial charge in [-0.3, -0.25) is 25.3 Å². The van der Waals surface area contributed by atoms with Gasteiger partial charge in [-0.05, 0) is 97.9 Å². The lowest BCUT2D eigenvalue weighted by Gasteiger charge is -2.13. The van der Waals surface area contributed by atoms with Gasteiger partial charge in [0.25, 0.3) is 11.8 Å². The van der Waals surface area contributed by atoms with Gasteiger partial charge < -0.3 is 10.6 Å². The van der Waals surface area contributed by atoms with Crippen molar-refractivity contribution in [2.24, 2.45) is 10.2 Å². The third-order valence-corrected chi connectivity index (χ3v) is 6.47. The number of carbonyl (C=O) groups is 2. The summed E-state index contributed by atoms with van der Waals surface area (Å²) in [6, 6.07) is 20.9. The molecule has 2 amide bonds. The van der Waals surface area contributed by atoms with E-state index in [1.165, 1.54) is 11.1 Å². The van der Waals surface area contributed by atoms with Crippen LogP contribution in [-0.4, -0.2) is 45.4 Å². The zero-order valence-electron chi connectivity index (χ0n) is 20.9. The maximum Gasteiger partial charge on any atom is 0.261 e. The fourth-order valence-electron chi connectivity index (χ4n) is 3.68. The molecule has 1 aliphatic rings. The predicted octanol–water partition coefficient (Wildman–Crippen LogP) is 5.68. The van der Waals surface area contributed by atoms with E-state index >= 15 is 0 Å². The molecule has 0 fully saturated rings. The molecule has 0 spiro atoms. The van der Waals surface area contributed by atoms with E-state index in [1.807, 2.05) is 0 Å². The van der Waals surface area contributed by atoms with Crippen molar-refractivity contribution in [3.8, 4) is 0 Å². The highest BCUT2D eigenvalue weighted by atomic mass is 35.5. The minimum Gasteiger partial charge on any atom is -0.331 e. The Bertz CT molecular complexity index is 1440. The highest BCUT2D eigenvalue weighted by molar-refractivity contribution is 7.80. The molecule has 1 heterocycles. The number of imide groups is 1. The first-order valence-corrected chi connectivity index (χ1v) is 13.6. The quantitative estimate of drug-likeness (QED) is 0.106. The lowest BCUT2D eigenvalue weighted by molar-refractivity contribution is 0.0653. The van der Waals surface area contributed by atoms with Crippen LogP contribution in [-0.2, 0) is 0 Å². The van der Waals surface area contributed by atoms with Crippen LogP contribution in [0.3, 0.4) is 0 Å². The van der Waals surface area contributed by atoms with Gasteiger partial charge in [-0.25, -0.2) is 0 Å². The zero-order valence-corrected chi connectivity index (χ0v) is 24.0. The van der Waals surface area contributed by atoms with E-state index in [-0.39, 0.29) is 28.6 Å². The van der Waals surface area contributed by atoms with Crippen LogP contribution in [0.2, 0.25) is 10.0 Å². The first kappa shape index (κ1) is 29.1. The number of hydrazone groups is 2. The molecule has 204 valence electrons. The van der Waals surface area contributed by atoms with E-state index in [1.54, 1.807) is 72.8 Å². The highest BCUT2D eigenvalue weighted by Crippen LogP contribution is 2.22. The summed E-state index contributed by atoms with van der Waals surface area (Å²) in [5.41, 5.74) is 8.32. The number of hydrogen-bond donors (Lipinski definition) is 4. The molecule has 13 heteroatoms. The highest BCUT2D eigenvalue weighted by Gasteiger charge is 2.34. The Hall–Kier alpha value is -3.90. The number of nitrogens with zero attached hydrogens (tertiary/aromatic N) is 3. The zero-order chi connectivity index (χ0) is 28.5. The number of fused-ring (bicyclic) bond motifs is 1. The standard InChI is InChI=1S/C27H23Cl2N7O2S2/c28-17-7-11-19(12-8-17)31-26(39)34-30-16-21(33-35-27(40)32-20-13-9-18(29)10-14-20)4-3-15-36-24(37)22-5-1-2-6-23(22)25(36)38/h1-2,5-14,16H,3-4,15H2,(H2,31,34,39)(H2,32,35,40)/b30-16+,33-21-. The summed E-state index contributed by atoms with van der Waals surface area (Å²) in [4.78, 5) is 26.6. The number of halogens is 2. The minimum absolute atomic E-state index is 0.219. The third-order valence-electron chi connectivity index (χ3n) is 5.58. The van der Waals surface area contributed by atoms with Crippen molar-refractivity contribution >= 4 is 93.0 Å². The smallest absolute Gasteiger partial charge is 0.261 e. The molecule has 40 heavy (non-hydrogen) atoms. The van der Waals surface area contributed by atoms with Crippen LogP contribution in [0.1, 0.15) is 33.6 Å². The molecule has 4 N–H and O–H groups in total. The molecule has 9 nitrogen and oxygen atoms in total. The van der Waals surface area contributed by atoms with Crippen LogP contribution in [0.15, 0.2) is 83.0 Å². The number of benzene rings is 3. The molecule has 3 aromatic rings. The van der Waals surface area contributed by atoms with Crippen molar-refractivity contribution in [3.05, 3.63) is 94.0 Å². The van der Waals surface area contributed by atoms with Gasteiger partial charge in [0.05, 0.1) is 23.1 Å². The molecular formula is C27H23Cl2N7O2S2. The fourth-order valence-corrected chi connectivity index (χ4v) is 4.27. The molecule has 0 radical (unpaired) electrons. The van der Waals surface area contributed by atoms with E-state index in [4.69, 9.17) is 47.6 Å². The first-order valence-electron chi connectivity index (χ1n) is 12.0. The van der Waals surface area contributed by atoms with Gasteiger partial charge >= 0.3 is 0 Å². The number of anilines is 2. The van der Waals surface area contributed by atoms with Gasteiger partial charge in [0.2, 0.25) is 0 Å². The van der Waals surface area contributed by atoms with Crippen molar-refractivity contribution in [3.63, 3.8) is 0 Å². The van der Waals surface area contributed by atoms with Crippen molar-refractivity contribution in [2.75, 3.05) is 17.2 Å². The fraction of sp³-hybridized carbons (Fsp3) is 0.111. The molecule has 3 aromatic carbocycles. The Morgan fingerprint density at radius 3 is 1.80 bits per heavy atom. The van der Waals surface area contributed by atoms with E-state index < -0.39 is 0 Å². The molecule has 0 saturated heterocycles. The third kappa shape index (κ3) is 8.06. The number of amides is 2. The van der Waals surface area contributed by atoms with Gasteiger partial charge in [-0.2, -0.15) is 10.2 Å². The van der Waals surface area contributed by atoms with Crippen molar-refractivity contribution in [2.45, 2.75) is 12.8 Å². The average molecular weight is 613 g/mol. The summed E-state index contributed by atoms with van der Waals surface area (Å²) in [6.45, 7) is 0.219. The second kappa shape index (κ2) is 13.9. The van der Waals surface area contributed by atoms with Crippen LogP contribution in [0.25, 0.3) is 0 Å². The van der Waals surface area contributed by atoms with Crippen molar-refractivity contribution in [1.82, 2.24) is 15.8 Å². The number of thiocarbonyl (C=S) groups is 2. The Kier molecular flexibility index (Phi) is 10.1. The number of nitrogens with one attached hydrogen (secondary N) is 4. The Balaban J connectivity index is 1.37. The second-order valence-electron chi connectivity index (χ2n) is 8.42. The van der Waals surface area contributed by atoms with Gasteiger partial charge in [-0.1, -0.05) is 35.3 Å². The Morgan fingerprint density at radius 2 is 1.27 bits per heavy atom. The first-order chi connectivity index (χ1) is 19.3. The van der Waals surface area contributed by atoms with E-state index in [0.29, 0.717) is 39.7 Å². The Morgan fingerprint density at radius 1 is 0.775 bits per heavy atom. The molecule has 0 aromatic heterocycles. The molecule has 0 unspecified atom stereocenters. The Labute approximate surface area is 251 Å². The maximum absolute atomic E-state index is 12.7. The maximum atomic E-state index is 12.7. The number of carbonyl (C=O) groups excluding carboxylic acids is 2. The topological polar surface area (TPSA) is 110 Å². The molecule has 1 aliphatic heterocycles. The van der Waals surface area contributed by atoms with Crippen LogP contribution in [0.5, 0.6) is 0 Å². The number of rotatable bonds is 9. The summed E-state index contributed by atoms with van der Waals surface area (Å²) >= 11 is 22.5. The summed E-state index contributed by atoms with van der Waals surface area (Å²) in [7, 11) is 0. The minimum atomic E-state index is -0.306. The van der Waals surface area contributed by atoms with Crippen LogP contribution in [0.4, 0.5) is 11.4 Å². The van der Waals surface area contributed by atoms with Gasteiger partial charge in [0.15, 0.2) is 10.2 Å². The van der Waals surface area contributed by atoms with Gasteiger partial charge in [-0.15, -0.1) is 0 Å². The molecule has 0 atom stereocenters. The summed E-state index contributed by atoms with van der Waals surface area (Å²) in [6.07, 6.45) is 2.31. The van der Waals surface area contributed by atoms with Crippen molar-refractivity contribution < 1.29 is 9.59 Å².